The van der Waals surface area contributed by atoms with Crippen LogP contribution in [0.25, 0.3) is 0 Å². The summed E-state index contributed by atoms with van der Waals surface area (Å²) >= 11 is 0. The molecule has 0 saturated heterocycles. The molecule has 0 aromatic heterocycles. The smallest absolute Gasteiger partial charge is 0.251 e. The number of nitrogens with one attached hydrogen (secondary N) is 2. The van der Waals surface area contributed by atoms with E-state index >= 15 is 0 Å². The Hall–Kier alpha value is -2.23. The van der Waals surface area contributed by atoms with Crippen LogP contribution < -0.4 is 10.0 Å². The molecule has 152 valence electrons. The van der Waals surface area contributed by atoms with Crippen molar-refractivity contribution in [2.75, 3.05) is 12.3 Å². The molecular formula is C19H24N2O5S2. The molecule has 0 fully saturated rings. The zero-order chi connectivity index (χ0) is 20.8. The molecule has 0 atom stereocenters. The van der Waals surface area contributed by atoms with Crippen LogP contribution in [-0.2, 0) is 19.9 Å². The maximum absolute atomic E-state index is 12.3. The van der Waals surface area contributed by atoms with Crippen LogP contribution in [0.15, 0.2) is 64.4 Å². The highest BCUT2D eigenvalue weighted by Gasteiger charge is 2.17. The number of hydrogen-bond acceptors (Lipinski definition) is 5. The average Bonchev–Trinajstić information content (AvgIpc) is 2.65. The average molecular weight is 425 g/mol. The van der Waals surface area contributed by atoms with E-state index in [4.69, 9.17) is 0 Å². The van der Waals surface area contributed by atoms with Crippen molar-refractivity contribution in [3.05, 3.63) is 60.2 Å². The number of sulfone groups is 1. The minimum Gasteiger partial charge on any atom is -0.352 e. The van der Waals surface area contributed by atoms with E-state index in [9.17, 15) is 21.6 Å². The van der Waals surface area contributed by atoms with E-state index in [0.717, 1.165) is 0 Å². The van der Waals surface area contributed by atoms with E-state index < -0.39 is 25.8 Å². The minimum atomic E-state index is -3.70. The molecule has 0 heterocycles. The number of sulfonamides is 1. The number of amides is 1. The van der Waals surface area contributed by atoms with Crippen molar-refractivity contribution in [2.45, 2.75) is 36.1 Å². The highest BCUT2D eigenvalue weighted by molar-refractivity contribution is 7.91. The van der Waals surface area contributed by atoms with Crippen LogP contribution in [0.3, 0.4) is 0 Å². The molecule has 1 amide bonds. The van der Waals surface area contributed by atoms with Crippen LogP contribution in [0.1, 0.15) is 30.6 Å². The van der Waals surface area contributed by atoms with Crippen molar-refractivity contribution in [3.63, 3.8) is 0 Å². The first-order chi connectivity index (χ1) is 13.1. The minimum absolute atomic E-state index is 0.000468. The maximum Gasteiger partial charge on any atom is 0.251 e. The van der Waals surface area contributed by atoms with Crippen molar-refractivity contribution in [1.29, 1.82) is 0 Å². The van der Waals surface area contributed by atoms with Gasteiger partial charge in [-0.2, -0.15) is 0 Å². The Morgan fingerprint density at radius 1 is 0.929 bits per heavy atom. The number of carbonyl (C=O) groups excluding carboxylic acids is 1. The fraction of sp³-hybridized carbons (Fsp3) is 0.316. The first-order valence-electron chi connectivity index (χ1n) is 8.80. The topological polar surface area (TPSA) is 109 Å². The molecule has 9 heteroatoms. The van der Waals surface area contributed by atoms with Gasteiger partial charge in [0.25, 0.3) is 5.91 Å². The normalized spacial score (nSPS) is 12.1. The molecule has 7 nitrogen and oxygen atoms in total. The van der Waals surface area contributed by atoms with Gasteiger partial charge in [0, 0.05) is 18.2 Å². The van der Waals surface area contributed by atoms with Crippen molar-refractivity contribution in [2.24, 2.45) is 0 Å². The lowest BCUT2D eigenvalue weighted by molar-refractivity contribution is 0.0953. The van der Waals surface area contributed by atoms with Gasteiger partial charge in [0.2, 0.25) is 10.0 Å². The highest BCUT2D eigenvalue weighted by Crippen LogP contribution is 2.13. The van der Waals surface area contributed by atoms with Gasteiger partial charge in [0.05, 0.1) is 15.5 Å². The molecule has 0 aliphatic heterocycles. The lowest BCUT2D eigenvalue weighted by atomic mass is 10.2. The molecule has 0 radical (unpaired) electrons. The number of benzene rings is 2. The van der Waals surface area contributed by atoms with Gasteiger partial charge in [0.15, 0.2) is 9.84 Å². The van der Waals surface area contributed by atoms with Gasteiger partial charge >= 0.3 is 0 Å². The molecule has 0 aliphatic carbocycles. The van der Waals surface area contributed by atoms with Crippen LogP contribution >= 0.6 is 0 Å². The van der Waals surface area contributed by atoms with Crippen molar-refractivity contribution < 1.29 is 21.6 Å². The summed E-state index contributed by atoms with van der Waals surface area (Å²) in [6, 6.07) is 13.5. The van der Waals surface area contributed by atoms with Crippen LogP contribution in [-0.4, -0.2) is 41.1 Å². The third kappa shape index (κ3) is 6.15. The van der Waals surface area contributed by atoms with Crippen LogP contribution in [0.4, 0.5) is 0 Å². The predicted octanol–water partition coefficient (Wildman–Crippen LogP) is 1.97. The summed E-state index contributed by atoms with van der Waals surface area (Å²) in [6.07, 6.45) is 0.246. The number of rotatable bonds is 9. The Labute approximate surface area is 166 Å². The van der Waals surface area contributed by atoms with Gasteiger partial charge < -0.3 is 5.32 Å². The standard InChI is InChI=1S/C19H24N2O5S2/c1-15(2)21-28(25,26)18-11-6-8-16(14-18)19(22)20-12-7-13-27(23,24)17-9-4-3-5-10-17/h3-6,8-11,14-15,21H,7,12-13H2,1-2H3,(H,20,22). The van der Waals surface area contributed by atoms with E-state index in [2.05, 4.69) is 10.0 Å². The monoisotopic (exact) mass is 424 g/mol. The van der Waals surface area contributed by atoms with E-state index in [1.807, 2.05) is 0 Å². The second-order valence-electron chi connectivity index (χ2n) is 6.55. The summed E-state index contributed by atoms with van der Waals surface area (Å²) in [5, 5.41) is 2.62. The van der Waals surface area contributed by atoms with Crippen molar-refractivity contribution >= 4 is 25.8 Å². The van der Waals surface area contributed by atoms with Gasteiger partial charge in [-0.25, -0.2) is 21.6 Å². The second-order valence-corrected chi connectivity index (χ2v) is 10.4. The lowest BCUT2D eigenvalue weighted by Crippen LogP contribution is -2.31. The third-order valence-electron chi connectivity index (χ3n) is 3.78. The van der Waals surface area contributed by atoms with E-state index in [0.29, 0.717) is 0 Å². The SMILES string of the molecule is CC(C)NS(=O)(=O)c1cccc(C(=O)NCCCS(=O)(=O)c2ccccc2)c1. The van der Waals surface area contributed by atoms with Crippen LogP contribution in [0.2, 0.25) is 0 Å². The Morgan fingerprint density at radius 3 is 2.21 bits per heavy atom. The third-order valence-corrected chi connectivity index (χ3v) is 7.25. The fourth-order valence-corrected chi connectivity index (χ4v) is 5.12. The molecule has 2 aromatic carbocycles. The summed E-state index contributed by atoms with van der Waals surface area (Å²) in [7, 11) is -7.10. The van der Waals surface area contributed by atoms with Gasteiger partial charge in [-0.3, -0.25) is 4.79 Å². The summed E-state index contributed by atoms with van der Waals surface area (Å²) < 4.78 is 51.3. The summed E-state index contributed by atoms with van der Waals surface area (Å²) in [4.78, 5) is 12.5. The molecule has 2 N–H and O–H groups in total. The van der Waals surface area contributed by atoms with E-state index in [-0.39, 0.29) is 40.1 Å². The first kappa shape index (κ1) is 22.1. The van der Waals surface area contributed by atoms with Crippen LogP contribution in [0, 0.1) is 0 Å². The molecule has 0 aliphatic rings. The largest absolute Gasteiger partial charge is 0.352 e. The molecule has 28 heavy (non-hydrogen) atoms. The van der Waals surface area contributed by atoms with Crippen molar-refractivity contribution in [3.8, 4) is 0 Å². The highest BCUT2D eigenvalue weighted by atomic mass is 32.2. The molecule has 2 rings (SSSR count). The van der Waals surface area contributed by atoms with Gasteiger partial charge in [-0.15, -0.1) is 0 Å². The summed E-state index contributed by atoms with van der Waals surface area (Å²) in [6.45, 7) is 3.57. The quantitative estimate of drug-likeness (QED) is 0.598. The molecular weight excluding hydrogens is 400 g/mol. The zero-order valence-corrected chi connectivity index (χ0v) is 17.4. The Kier molecular flexibility index (Phi) is 7.34. The molecule has 0 spiro atoms. The number of carbonyl (C=O) groups is 1. The van der Waals surface area contributed by atoms with Gasteiger partial charge in [-0.05, 0) is 50.6 Å². The maximum atomic E-state index is 12.3. The van der Waals surface area contributed by atoms with E-state index in [1.165, 1.54) is 36.4 Å². The zero-order valence-electron chi connectivity index (χ0n) is 15.8. The second kappa shape index (κ2) is 9.31. The number of hydrogen-bond donors (Lipinski definition) is 2. The summed E-state index contributed by atoms with van der Waals surface area (Å²) in [5.41, 5.74) is 0.192. The summed E-state index contributed by atoms with van der Waals surface area (Å²) in [5.74, 6) is -0.553. The first-order valence-corrected chi connectivity index (χ1v) is 11.9. The van der Waals surface area contributed by atoms with Gasteiger partial charge in [0.1, 0.15) is 0 Å². The van der Waals surface area contributed by atoms with Crippen molar-refractivity contribution in [1.82, 2.24) is 10.0 Å². The molecule has 0 unspecified atom stereocenters. The predicted molar refractivity (Wildman–Crippen MR) is 107 cm³/mol. The van der Waals surface area contributed by atoms with E-state index in [1.54, 1.807) is 32.0 Å². The fourth-order valence-electron chi connectivity index (χ4n) is 2.49. The molecule has 2 aromatic rings. The van der Waals surface area contributed by atoms with Crippen LogP contribution in [0.5, 0.6) is 0 Å². The Bertz CT molecular complexity index is 1020. The molecule has 0 saturated carbocycles. The molecule has 0 bridgehead atoms. The van der Waals surface area contributed by atoms with Gasteiger partial charge in [-0.1, -0.05) is 24.3 Å². The lowest BCUT2D eigenvalue weighted by Gasteiger charge is -2.11. The Morgan fingerprint density at radius 2 is 1.57 bits per heavy atom. The Balaban J connectivity index is 1.94.